The van der Waals surface area contributed by atoms with Crippen molar-refractivity contribution in [3.8, 4) is 0 Å². The number of halogens is 1. The molecular weight excluding hydrogens is 558 g/mol. The maximum atomic E-state index is 14.2. The first-order chi connectivity index (χ1) is 19.6. The van der Waals surface area contributed by atoms with Crippen LogP contribution in [0.3, 0.4) is 0 Å². The fourth-order valence-corrected chi connectivity index (χ4v) is 6.38. The Labute approximate surface area is 248 Å². The van der Waals surface area contributed by atoms with Crippen molar-refractivity contribution in [1.82, 2.24) is 10.2 Å². The molecule has 218 valence electrons. The van der Waals surface area contributed by atoms with E-state index in [-0.39, 0.29) is 24.9 Å². The topological polar surface area (TPSA) is 86.8 Å². The number of benzene rings is 3. The van der Waals surface area contributed by atoms with Crippen molar-refractivity contribution in [3.05, 3.63) is 101 Å². The molecule has 3 aromatic carbocycles. The van der Waals surface area contributed by atoms with Crippen LogP contribution in [0.1, 0.15) is 48.8 Å². The van der Waals surface area contributed by atoms with E-state index in [9.17, 15) is 18.0 Å². The molecule has 0 aliphatic heterocycles. The minimum absolute atomic E-state index is 0.0532. The van der Waals surface area contributed by atoms with E-state index in [2.05, 4.69) is 5.32 Å². The lowest BCUT2D eigenvalue weighted by molar-refractivity contribution is -0.140. The van der Waals surface area contributed by atoms with Gasteiger partial charge in [0.25, 0.3) is 0 Å². The molecule has 0 spiro atoms. The maximum absolute atomic E-state index is 14.2. The SMILES string of the molecule is Cc1cccc(N(CC(=O)N(Cc2cccc(Cl)c2)[C@@H](Cc2ccccc2)C(=O)NC2CCCCC2)S(C)(=O)=O)c1. The largest absolute Gasteiger partial charge is 0.352 e. The summed E-state index contributed by atoms with van der Waals surface area (Å²) in [5.41, 5.74) is 2.91. The number of aryl methyl sites for hydroxylation is 1. The smallest absolute Gasteiger partial charge is 0.244 e. The Hall–Kier alpha value is -3.36. The third-order valence-corrected chi connectivity index (χ3v) is 8.81. The third-order valence-electron chi connectivity index (χ3n) is 7.43. The van der Waals surface area contributed by atoms with E-state index in [1.807, 2.05) is 49.4 Å². The number of carbonyl (C=O) groups is 2. The van der Waals surface area contributed by atoms with E-state index in [0.29, 0.717) is 10.7 Å². The average molecular weight is 596 g/mol. The van der Waals surface area contributed by atoms with E-state index >= 15 is 0 Å². The zero-order chi connectivity index (χ0) is 29.4. The zero-order valence-electron chi connectivity index (χ0n) is 23.6. The van der Waals surface area contributed by atoms with Crippen LogP contribution in [0.4, 0.5) is 5.69 Å². The van der Waals surface area contributed by atoms with E-state index in [4.69, 9.17) is 11.6 Å². The van der Waals surface area contributed by atoms with Gasteiger partial charge in [-0.25, -0.2) is 8.42 Å². The Morgan fingerprint density at radius 1 is 0.927 bits per heavy atom. The van der Waals surface area contributed by atoms with Crippen molar-refractivity contribution in [2.75, 3.05) is 17.1 Å². The second-order valence-electron chi connectivity index (χ2n) is 10.8. The summed E-state index contributed by atoms with van der Waals surface area (Å²) < 4.78 is 26.9. The van der Waals surface area contributed by atoms with Crippen LogP contribution in [0.5, 0.6) is 0 Å². The summed E-state index contributed by atoms with van der Waals surface area (Å²) in [5, 5.41) is 3.72. The third kappa shape index (κ3) is 8.81. The molecule has 9 heteroatoms. The standard InChI is InChI=1S/C32H38ClN3O4S/c1-24-11-9-18-29(19-24)36(41(2,39)40)23-31(37)35(22-26-14-10-15-27(33)20-26)30(21-25-12-5-3-6-13-25)32(38)34-28-16-7-4-8-17-28/h3,5-6,9-15,18-20,28,30H,4,7-8,16-17,21-23H2,1-2H3,(H,34,38)/t30-/m0/s1. The second-order valence-corrected chi connectivity index (χ2v) is 13.2. The highest BCUT2D eigenvalue weighted by molar-refractivity contribution is 7.92. The van der Waals surface area contributed by atoms with Crippen LogP contribution in [0.25, 0.3) is 0 Å². The van der Waals surface area contributed by atoms with Crippen LogP contribution < -0.4 is 9.62 Å². The molecule has 0 saturated heterocycles. The number of sulfonamides is 1. The van der Waals surface area contributed by atoms with Crippen LogP contribution in [0.2, 0.25) is 5.02 Å². The Morgan fingerprint density at radius 3 is 2.27 bits per heavy atom. The number of nitrogens with zero attached hydrogens (tertiary/aromatic N) is 2. The van der Waals surface area contributed by atoms with Gasteiger partial charge < -0.3 is 10.2 Å². The summed E-state index contributed by atoms with van der Waals surface area (Å²) in [7, 11) is -3.81. The van der Waals surface area contributed by atoms with Gasteiger partial charge in [-0.05, 0) is 60.7 Å². The molecule has 41 heavy (non-hydrogen) atoms. The summed E-state index contributed by atoms with van der Waals surface area (Å²) in [5.74, 6) is -0.714. The molecule has 1 N–H and O–H groups in total. The molecule has 1 fully saturated rings. The van der Waals surface area contributed by atoms with Crippen LogP contribution in [-0.2, 0) is 32.6 Å². The first kappa shape index (κ1) is 30.6. The van der Waals surface area contributed by atoms with E-state index < -0.39 is 28.5 Å². The Kier molecular flexibility index (Phi) is 10.5. The lowest BCUT2D eigenvalue weighted by atomic mass is 9.94. The summed E-state index contributed by atoms with van der Waals surface area (Å²) in [6, 6.07) is 22.9. The van der Waals surface area contributed by atoms with Gasteiger partial charge in [-0.1, -0.05) is 85.5 Å². The summed E-state index contributed by atoms with van der Waals surface area (Å²) in [4.78, 5) is 29.6. The van der Waals surface area contributed by atoms with Gasteiger partial charge in [0.2, 0.25) is 21.8 Å². The fourth-order valence-electron chi connectivity index (χ4n) is 5.33. The normalized spacial score (nSPS) is 14.7. The van der Waals surface area contributed by atoms with E-state index in [0.717, 1.165) is 59.4 Å². The molecule has 1 saturated carbocycles. The fraction of sp³-hybridized carbons (Fsp3) is 0.375. The van der Waals surface area contributed by atoms with Crippen LogP contribution >= 0.6 is 11.6 Å². The van der Waals surface area contributed by atoms with E-state index in [1.54, 1.807) is 36.4 Å². The lowest BCUT2D eigenvalue weighted by Gasteiger charge is -2.35. The van der Waals surface area contributed by atoms with Crippen molar-refractivity contribution in [3.63, 3.8) is 0 Å². The average Bonchev–Trinajstić information content (AvgIpc) is 2.94. The molecule has 1 atom stereocenters. The van der Waals surface area contributed by atoms with Gasteiger partial charge in [-0.15, -0.1) is 0 Å². The molecule has 4 rings (SSSR count). The molecular formula is C32H38ClN3O4S. The summed E-state index contributed by atoms with van der Waals surface area (Å²) in [6.45, 7) is 1.52. The molecule has 0 unspecified atom stereocenters. The van der Waals surface area contributed by atoms with Crippen molar-refractivity contribution in [2.24, 2.45) is 0 Å². The minimum Gasteiger partial charge on any atom is -0.352 e. The quantitative estimate of drug-likeness (QED) is 0.317. The highest BCUT2D eigenvalue weighted by Gasteiger charge is 2.34. The van der Waals surface area contributed by atoms with Gasteiger partial charge in [0, 0.05) is 24.0 Å². The highest BCUT2D eigenvalue weighted by Crippen LogP contribution is 2.23. The first-order valence-electron chi connectivity index (χ1n) is 14.0. The number of anilines is 1. The van der Waals surface area contributed by atoms with Gasteiger partial charge in [0.05, 0.1) is 11.9 Å². The molecule has 2 amide bonds. The van der Waals surface area contributed by atoms with Gasteiger partial charge in [-0.3, -0.25) is 13.9 Å². The molecule has 0 aromatic heterocycles. The molecule has 0 radical (unpaired) electrons. The van der Waals surface area contributed by atoms with E-state index in [1.165, 1.54) is 4.90 Å². The van der Waals surface area contributed by atoms with Crippen molar-refractivity contribution in [2.45, 2.75) is 64.1 Å². The van der Waals surface area contributed by atoms with Gasteiger partial charge in [0.1, 0.15) is 12.6 Å². The predicted molar refractivity (Wildman–Crippen MR) is 164 cm³/mol. The summed E-state index contributed by atoms with van der Waals surface area (Å²) in [6.07, 6.45) is 6.44. The number of amides is 2. The maximum Gasteiger partial charge on any atom is 0.244 e. The molecule has 3 aromatic rings. The van der Waals surface area contributed by atoms with Crippen molar-refractivity contribution < 1.29 is 18.0 Å². The molecule has 0 heterocycles. The van der Waals surface area contributed by atoms with Crippen LogP contribution in [-0.4, -0.2) is 50.0 Å². The van der Waals surface area contributed by atoms with Crippen molar-refractivity contribution in [1.29, 1.82) is 0 Å². The highest BCUT2D eigenvalue weighted by atomic mass is 35.5. The monoisotopic (exact) mass is 595 g/mol. The van der Waals surface area contributed by atoms with Gasteiger partial charge in [-0.2, -0.15) is 0 Å². The molecule has 1 aliphatic carbocycles. The predicted octanol–water partition coefficient (Wildman–Crippen LogP) is 5.50. The lowest BCUT2D eigenvalue weighted by Crippen LogP contribution is -2.55. The molecule has 7 nitrogen and oxygen atoms in total. The Bertz CT molecular complexity index is 1440. The number of hydrogen-bond acceptors (Lipinski definition) is 4. The second kappa shape index (κ2) is 14.0. The number of hydrogen-bond donors (Lipinski definition) is 1. The molecule has 0 bridgehead atoms. The Balaban J connectivity index is 1.72. The number of carbonyl (C=O) groups excluding carboxylic acids is 2. The zero-order valence-corrected chi connectivity index (χ0v) is 25.2. The summed E-state index contributed by atoms with van der Waals surface area (Å²) >= 11 is 6.28. The minimum atomic E-state index is -3.81. The Morgan fingerprint density at radius 2 is 1.61 bits per heavy atom. The number of nitrogens with one attached hydrogen (secondary N) is 1. The van der Waals surface area contributed by atoms with Gasteiger partial charge in [0.15, 0.2) is 0 Å². The van der Waals surface area contributed by atoms with Crippen molar-refractivity contribution >= 4 is 39.1 Å². The number of rotatable bonds is 11. The molecule has 1 aliphatic rings. The van der Waals surface area contributed by atoms with Crippen LogP contribution in [0, 0.1) is 6.92 Å². The van der Waals surface area contributed by atoms with Gasteiger partial charge >= 0.3 is 0 Å². The first-order valence-corrected chi connectivity index (χ1v) is 16.3. The van der Waals surface area contributed by atoms with Crippen LogP contribution in [0.15, 0.2) is 78.9 Å².